The Kier molecular flexibility index (Phi) is 2.02. The van der Waals surface area contributed by atoms with E-state index in [2.05, 4.69) is 16.0 Å². The molecule has 0 fully saturated rings. The molecule has 3 nitrogen and oxygen atoms in total. The normalized spacial score (nSPS) is 10.6. The number of hydrogen-bond acceptors (Lipinski definition) is 3. The maximum absolute atomic E-state index is 9.17. The van der Waals surface area contributed by atoms with Crippen molar-refractivity contribution in [3.8, 4) is 6.07 Å². The second kappa shape index (κ2) is 3.53. The molecule has 0 aliphatic carbocycles. The highest BCUT2D eigenvalue weighted by molar-refractivity contribution is 5.89. The predicted octanol–water partition coefficient (Wildman–Crippen LogP) is 2.96. The number of fused-ring (bicyclic) bond motifs is 2. The maximum Gasteiger partial charge on any atom is 0.107 e. The van der Waals surface area contributed by atoms with Crippen LogP contribution in [0.25, 0.3) is 22.1 Å². The van der Waals surface area contributed by atoms with Crippen molar-refractivity contribution in [2.75, 3.05) is 0 Å². The first-order chi connectivity index (χ1) is 8.29. The lowest BCUT2D eigenvalue weighted by Gasteiger charge is -2.04. The highest BCUT2D eigenvalue weighted by Crippen LogP contribution is 2.21. The monoisotopic (exact) mass is 219 g/mol. The zero-order valence-electron chi connectivity index (χ0n) is 9.31. The summed E-state index contributed by atoms with van der Waals surface area (Å²) >= 11 is 0. The molecular weight excluding hydrogens is 210 g/mol. The molecule has 0 saturated heterocycles. The number of rotatable bonds is 0. The van der Waals surface area contributed by atoms with E-state index in [-0.39, 0.29) is 0 Å². The highest BCUT2D eigenvalue weighted by Gasteiger charge is 2.07. The quantitative estimate of drug-likeness (QED) is 0.546. The van der Waals surface area contributed by atoms with Crippen LogP contribution in [0.4, 0.5) is 0 Å². The van der Waals surface area contributed by atoms with Gasteiger partial charge in [-0.05, 0) is 30.7 Å². The van der Waals surface area contributed by atoms with Crippen LogP contribution in [0.1, 0.15) is 11.1 Å². The molecule has 0 atom stereocenters. The van der Waals surface area contributed by atoms with Gasteiger partial charge in [0.1, 0.15) is 11.6 Å². The van der Waals surface area contributed by atoms with Crippen molar-refractivity contribution >= 4 is 22.1 Å². The fraction of sp³-hybridized carbons (Fsp3) is 0.0714. The Bertz CT molecular complexity index is 769. The fourth-order valence-electron chi connectivity index (χ4n) is 1.93. The van der Waals surface area contributed by atoms with Crippen molar-refractivity contribution in [2.45, 2.75) is 6.92 Å². The van der Waals surface area contributed by atoms with Crippen LogP contribution in [0.3, 0.4) is 0 Å². The molecule has 0 saturated carbocycles. The number of nitrogens with zero attached hydrogens (tertiary/aromatic N) is 3. The second-order valence-corrected chi connectivity index (χ2v) is 3.95. The topological polar surface area (TPSA) is 49.6 Å². The van der Waals surface area contributed by atoms with Crippen molar-refractivity contribution in [1.82, 2.24) is 9.97 Å². The average Bonchev–Trinajstić information content (AvgIpc) is 2.36. The van der Waals surface area contributed by atoms with Crippen molar-refractivity contribution < 1.29 is 0 Å². The van der Waals surface area contributed by atoms with Crippen LogP contribution in [0.15, 0.2) is 36.4 Å². The van der Waals surface area contributed by atoms with E-state index < -0.39 is 0 Å². The Hall–Kier alpha value is -2.47. The van der Waals surface area contributed by atoms with Crippen molar-refractivity contribution in [2.24, 2.45) is 0 Å². The first kappa shape index (κ1) is 9.73. The lowest BCUT2D eigenvalue weighted by molar-refractivity contribution is 1.34. The third kappa shape index (κ3) is 1.42. The molecule has 0 radical (unpaired) electrons. The van der Waals surface area contributed by atoms with Gasteiger partial charge < -0.3 is 0 Å². The van der Waals surface area contributed by atoms with Gasteiger partial charge in [0.15, 0.2) is 0 Å². The highest BCUT2D eigenvalue weighted by atomic mass is 14.8. The van der Waals surface area contributed by atoms with Crippen LogP contribution in [0.5, 0.6) is 0 Å². The summed E-state index contributed by atoms with van der Waals surface area (Å²) in [5.74, 6) is 0. The molecule has 1 aromatic heterocycles. The van der Waals surface area contributed by atoms with Crippen LogP contribution >= 0.6 is 0 Å². The number of hydrogen-bond donors (Lipinski definition) is 0. The smallest absolute Gasteiger partial charge is 0.107 e. The molecule has 1 heterocycles. The van der Waals surface area contributed by atoms with E-state index in [9.17, 15) is 5.26 Å². The number of para-hydroxylation sites is 2. The first-order valence-corrected chi connectivity index (χ1v) is 5.36. The SMILES string of the molecule is Cc1ccc2nc3ccccc3nc2c1C#N. The molecule has 3 aromatic rings. The first-order valence-electron chi connectivity index (χ1n) is 5.36. The lowest BCUT2D eigenvalue weighted by Crippen LogP contribution is -1.92. The van der Waals surface area contributed by atoms with Crippen molar-refractivity contribution in [1.29, 1.82) is 5.26 Å². The third-order valence-electron chi connectivity index (χ3n) is 2.83. The van der Waals surface area contributed by atoms with Gasteiger partial charge in [-0.3, -0.25) is 0 Å². The van der Waals surface area contributed by atoms with Gasteiger partial charge in [0.05, 0.1) is 22.1 Å². The summed E-state index contributed by atoms with van der Waals surface area (Å²) < 4.78 is 0. The standard InChI is InChI=1S/C14H9N3/c1-9-6-7-13-14(10(9)8-15)17-12-5-3-2-4-11(12)16-13/h2-7H,1H3. The summed E-state index contributed by atoms with van der Waals surface area (Å²) in [4.78, 5) is 9.04. The average molecular weight is 219 g/mol. The van der Waals surface area contributed by atoms with Gasteiger partial charge in [0, 0.05) is 0 Å². The number of nitriles is 1. The molecule has 0 bridgehead atoms. The molecule has 0 spiro atoms. The van der Waals surface area contributed by atoms with E-state index in [0.29, 0.717) is 11.1 Å². The summed E-state index contributed by atoms with van der Waals surface area (Å²) in [5, 5.41) is 9.17. The number of aromatic nitrogens is 2. The summed E-state index contributed by atoms with van der Waals surface area (Å²) in [7, 11) is 0. The lowest BCUT2D eigenvalue weighted by atomic mass is 10.1. The van der Waals surface area contributed by atoms with E-state index in [4.69, 9.17) is 0 Å². The molecule has 3 rings (SSSR count). The van der Waals surface area contributed by atoms with Gasteiger partial charge in [-0.2, -0.15) is 5.26 Å². The van der Waals surface area contributed by atoms with E-state index in [0.717, 1.165) is 22.1 Å². The zero-order valence-corrected chi connectivity index (χ0v) is 9.31. The molecular formula is C14H9N3. The predicted molar refractivity (Wildman–Crippen MR) is 66.5 cm³/mol. The molecule has 3 heteroatoms. The van der Waals surface area contributed by atoms with E-state index in [1.165, 1.54) is 0 Å². The molecule has 0 amide bonds. The van der Waals surface area contributed by atoms with Gasteiger partial charge in [0.25, 0.3) is 0 Å². The van der Waals surface area contributed by atoms with Gasteiger partial charge in [-0.25, -0.2) is 9.97 Å². The van der Waals surface area contributed by atoms with Gasteiger partial charge >= 0.3 is 0 Å². The fourth-order valence-corrected chi connectivity index (χ4v) is 1.93. The minimum atomic E-state index is 0.612. The van der Waals surface area contributed by atoms with Gasteiger partial charge in [0.2, 0.25) is 0 Å². The van der Waals surface area contributed by atoms with Gasteiger partial charge in [-0.15, -0.1) is 0 Å². The molecule has 0 N–H and O–H groups in total. The maximum atomic E-state index is 9.17. The van der Waals surface area contributed by atoms with Crippen LogP contribution < -0.4 is 0 Å². The van der Waals surface area contributed by atoms with Crippen molar-refractivity contribution in [3.63, 3.8) is 0 Å². The number of aryl methyl sites for hydroxylation is 1. The molecule has 80 valence electrons. The third-order valence-corrected chi connectivity index (χ3v) is 2.83. The molecule has 2 aromatic carbocycles. The minimum Gasteiger partial charge on any atom is -0.244 e. The van der Waals surface area contributed by atoms with E-state index in [1.54, 1.807) is 0 Å². The van der Waals surface area contributed by atoms with Crippen LogP contribution in [-0.2, 0) is 0 Å². The van der Waals surface area contributed by atoms with Crippen LogP contribution in [0.2, 0.25) is 0 Å². The van der Waals surface area contributed by atoms with E-state index in [1.807, 2.05) is 43.3 Å². The number of benzene rings is 2. The molecule has 17 heavy (non-hydrogen) atoms. The largest absolute Gasteiger partial charge is 0.244 e. The Balaban J connectivity index is 2.53. The zero-order chi connectivity index (χ0) is 11.8. The summed E-state index contributed by atoms with van der Waals surface area (Å²) in [6.45, 7) is 1.91. The molecule has 0 unspecified atom stereocenters. The summed E-state index contributed by atoms with van der Waals surface area (Å²) in [5.41, 5.74) is 4.68. The Labute approximate surface area is 98.4 Å². The Morgan fingerprint density at radius 1 is 0.941 bits per heavy atom. The van der Waals surface area contributed by atoms with E-state index >= 15 is 0 Å². The Morgan fingerprint density at radius 2 is 1.65 bits per heavy atom. The van der Waals surface area contributed by atoms with Crippen LogP contribution in [0, 0.1) is 18.3 Å². The molecule has 0 aliphatic rings. The van der Waals surface area contributed by atoms with Gasteiger partial charge in [-0.1, -0.05) is 18.2 Å². The molecule has 0 aliphatic heterocycles. The Morgan fingerprint density at radius 3 is 2.35 bits per heavy atom. The van der Waals surface area contributed by atoms with Crippen molar-refractivity contribution in [3.05, 3.63) is 47.5 Å². The summed E-state index contributed by atoms with van der Waals surface area (Å²) in [6, 6.07) is 13.7. The summed E-state index contributed by atoms with van der Waals surface area (Å²) in [6.07, 6.45) is 0. The second-order valence-electron chi connectivity index (χ2n) is 3.95. The minimum absolute atomic E-state index is 0.612. The van der Waals surface area contributed by atoms with Crippen LogP contribution in [-0.4, -0.2) is 9.97 Å².